The minimum Gasteiger partial charge on any atom is -0.330 e. The fourth-order valence-corrected chi connectivity index (χ4v) is 2.02. The number of amides is 1. The van der Waals surface area contributed by atoms with Crippen LogP contribution >= 0.6 is 0 Å². The summed E-state index contributed by atoms with van der Waals surface area (Å²) < 4.78 is 0. The summed E-state index contributed by atoms with van der Waals surface area (Å²) in [7, 11) is 0. The van der Waals surface area contributed by atoms with E-state index >= 15 is 0 Å². The Labute approximate surface area is 116 Å². The van der Waals surface area contributed by atoms with Gasteiger partial charge in [-0.1, -0.05) is 26.8 Å². The van der Waals surface area contributed by atoms with Crippen LogP contribution in [0.2, 0.25) is 0 Å². The van der Waals surface area contributed by atoms with E-state index in [0.29, 0.717) is 0 Å². The zero-order valence-electron chi connectivity index (χ0n) is 12.5. The van der Waals surface area contributed by atoms with Crippen LogP contribution in [0.4, 0.5) is 5.69 Å². The number of anilines is 1. The molecule has 0 saturated heterocycles. The van der Waals surface area contributed by atoms with Crippen LogP contribution in [0.3, 0.4) is 0 Å². The highest BCUT2D eigenvalue weighted by atomic mass is 16.1. The van der Waals surface area contributed by atoms with Crippen LogP contribution in [0.1, 0.15) is 51.7 Å². The van der Waals surface area contributed by atoms with Gasteiger partial charge in [-0.3, -0.25) is 4.79 Å². The molecule has 0 aliphatic carbocycles. The Balaban J connectivity index is 2.98. The molecule has 1 rings (SSSR count). The number of carbonyl (C=O) groups is 1. The Hall–Kier alpha value is -1.35. The van der Waals surface area contributed by atoms with Gasteiger partial charge in [0.2, 0.25) is 5.91 Å². The number of nitrogens with one attached hydrogen (secondary N) is 1. The second-order valence-electron chi connectivity index (χ2n) is 6.10. The number of aryl methyl sites for hydroxylation is 1. The van der Waals surface area contributed by atoms with Crippen molar-refractivity contribution >= 4 is 11.6 Å². The SMILES string of the molecule is CC(=O)Nc1cc(CCCCN)cc(C(C)(C)C)c1. The van der Waals surface area contributed by atoms with Crippen molar-refractivity contribution < 1.29 is 4.79 Å². The van der Waals surface area contributed by atoms with E-state index in [9.17, 15) is 4.79 Å². The van der Waals surface area contributed by atoms with Crippen molar-refractivity contribution in [3.63, 3.8) is 0 Å². The second-order valence-corrected chi connectivity index (χ2v) is 6.10. The van der Waals surface area contributed by atoms with Crippen molar-refractivity contribution in [1.29, 1.82) is 0 Å². The first-order valence-electron chi connectivity index (χ1n) is 6.95. The molecule has 0 bridgehead atoms. The molecule has 0 spiro atoms. The third-order valence-electron chi connectivity index (χ3n) is 3.10. The first-order chi connectivity index (χ1) is 8.82. The van der Waals surface area contributed by atoms with Gasteiger partial charge in [-0.2, -0.15) is 0 Å². The number of hydrogen-bond donors (Lipinski definition) is 2. The number of hydrogen-bond acceptors (Lipinski definition) is 2. The Morgan fingerprint density at radius 1 is 1.21 bits per heavy atom. The molecule has 1 amide bonds. The zero-order valence-corrected chi connectivity index (χ0v) is 12.5. The van der Waals surface area contributed by atoms with Gasteiger partial charge in [0.15, 0.2) is 0 Å². The highest BCUT2D eigenvalue weighted by Gasteiger charge is 2.15. The number of rotatable bonds is 5. The molecule has 3 heteroatoms. The van der Waals surface area contributed by atoms with Gasteiger partial charge in [0.1, 0.15) is 0 Å². The molecule has 3 N–H and O–H groups in total. The molecule has 0 radical (unpaired) electrons. The van der Waals surface area contributed by atoms with Gasteiger partial charge in [0.25, 0.3) is 0 Å². The van der Waals surface area contributed by atoms with E-state index in [4.69, 9.17) is 5.73 Å². The zero-order chi connectivity index (χ0) is 14.5. The molecule has 0 unspecified atom stereocenters. The maximum atomic E-state index is 11.2. The summed E-state index contributed by atoms with van der Waals surface area (Å²) in [6, 6.07) is 6.36. The summed E-state index contributed by atoms with van der Waals surface area (Å²) in [6.07, 6.45) is 3.13. The average molecular weight is 262 g/mol. The number of unbranched alkanes of at least 4 members (excludes halogenated alkanes) is 1. The van der Waals surface area contributed by atoms with E-state index in [0.717, 1.165) is 31.5 Å². The van der Waals surface area contributed by atoms with Gasteiger partial charge in [-0.25, -0.2) is 0 Å². The molecule has 0 aliphatic rings. The maximum Gasteiger partial charge on any atom is 0.221 e. The number of carbonyl (C=O) groups excluding carboxylic acids is 1. The van der Waals surface area contributed by atoms with Crippen molar-refractivity contribution in [1.82, 2.24) is 0 Å². The van der Waals surface area contributed by atoms with Crippen LogP contribution in [-0.4, -0.2) is 12.5 Å². The van der Waals surface area contributed by atoms with Gasteiger partial charge < -0.3 is 11.1 Å². The lowest BCUT2D eigenvalue weighted by atomic mass is 9.85. The predicted octanol–water partition coefficient (Wildman–Crippen LogP) is 3.22. The molecule has 1 aromatic rings. The Kier molecular flexibility index (Phi) is 5.55. The standard InChI is InChI=1S/C16H26N2O/c1-12(19)18-15-10-13(7-5-6-8-17)9-14(11-15)16(2,3)4/h9-11H,5-8,17H2,1-4H3,(H,18,19). The van der Waals surface area contributed by atoms with Crippen molar-refractivity contribution in [3.8, 4) is 0 Å². The first kappa shape index (κ1) is 15.7. The van der Waals surface area contributed by atoms with E-state index in [1.54, 1.807) is 0 Å². The van der Waals surface area contributed by atoms with Crippen LogP contribution in [0.25, 0.3) is 0 Å². The summed E-state index contributed by atoms with van der Waals surface area (Å²) >= 11 is 0. The normalized spacial score (nSPS) is 11.4. The summed E-state index contributed by atoms with van der Waals surface area (Å²) in [5, 5.41) is 2.88. The summed E-state index contributed by atoms with van der Waals surface area (Å²) in [4.78, 5) is 11.2. The van der Waals surface area contributed by atoms with Gasteiger partial charge in [0, 0.05) is 12.6 Å². The van der Waals surface area contributed by atoms with Crippen molar-refractivity contribution in [3.05, 3.63) is 29.3 Å². The molecule has 106 valence electrons. The largest absolute Gasteiger partial charge is 0.330 e. The molecule has 0 heterocycles. The van der Waals surface area contributed by atoms with Crippen molar-refractivity contribution in [2.75, 3.05) is 11.9 Å². The van der Waals surface area contributed by atoms with E-state index < -0.39 is 0 Å². The molecule has 19 heavy (non-hydrogen) atoms. The minimum absolute atomic E-state index is 0.0287. The fourth-order valence-electron chi connectivity index (χ4n) is 2.02. The molecular weight excluding hydrogens is 236 g/mol. The molecule has 0 aliphatic heterocycles. The lowest BCUT2D eigenvalue weighted by molar-refractivity contribution is -0.114. The lowest BCUT2D eigenvalue weighted by Crippen LogP contribution is -2.14. The topological polar surface area (TPSA) is 55.1 Å². The Morgan fingerprint density at radius 2 is 1.89 bits per heavy atom. The van der Waals surface area contributed by atoms with Gasteiger partial charge in [-0.15, -0.1) is 0 Å². The maximum absolute atomic E-state index is 11.2. The van der Waals surface area contributed by atoms with Crippen LogP contribution in [0.5, 0.6) is 0 Å². The molecule has 0 atom stereocenters. The summed E-state index contributed by atoms with van der Waals surface area (Å²) in [5.74, 6) is -0.0287. The lowest BCUT2D eigenvalue weighted by Gasteiger charge is -2.21. The highest BCUT2D eigenvalue weighted by Crippen LogP contribution is 2.27. The number of nitrogens with two attached hydrogens (primary N) is 1. The monoisotopic (exact) mass is 262 g/mol. The van der Waals surface area contributed by atoms with E-state index in [2.05, 4.69) is 44.3 Å². The summed E-state index contributed by atoms with van der Waals surface area (Å²) in [6.45, 7) is 8.83. The van der Waals surface area contributed by atoms with E-state index in [1.165, 1.54) is 18.1 Å². The average Bonchev–Trinajstić information content (AvgIpc) is 2.27. The van der Waals surface area contributed by atoms with E-state index in [-0.39, 0.29) is 11.3 Å². The predicted molar refractivity (Wildman–Crippen MR) is 81.4 cm³/mol. The highest BCUT2D eigenvalue weighted by molar-refractivity contribution is 5.88. The van der Waals surface area contributed by atoms with Crippen molar-refractivity contribution in [2.45, 2.75) is 52.4 Å². The first-order valence-corrected chi connectivity index (χ1v) is 6.95. The third-order valence-corrected chi connectivity index (χ3v) is 3.10. The van der Waals surface area contributed by atoms with E-state index in [1.807, 2.05) is 0 Å². The molecule has 0 aromatic heterocycles. The molecule has 0 saturated carbocycles. The van der Waals surface area contributed by atoms with Crippen LogP contribution < -0.4 is 11.1 Å². The summed E-state index contributed by atoms with van der Waals surface area (Å²) in [5.41, 5.74) is 9.02. The van der Waals surface area contributed by atoms with Crippen molar-refractivity contribution in [2.24, 2.45) is 5.73 Å². The molecule has 3 nitrogen and oxygen atoms in total. The molecule has 1 aromatic carbocycles. The Bertz CT molecular complexity index is 433. The minimum atomic E-state index is -0.0287. The van der Waals surface area contributed by atoms with Crippen LogP contribution in [0, 0.1) is 0 Å². The fraction of sp³-hybridized carbons (Fsp3) is 0.562. The number of benzene rings is 1. The smallest absolute Gasteiger partial charge is 0.221 e. The van der Waals surface area contributed by atoms with Crippen LogP contribution in [-0.2, 0) is 16.6 Å². The molecule has 0 fully saturated rings. The third kappa shape index (κ3) is 5.43. The second kappa shape index (κ2) is 6.71. The van der Waals surface area contributed by atoms with Crippen LogP contribution in [0.15, 0.2) is 18.2 Å². The Morgan fingerprint density at radius 3 is 2.42 bits per heavy atom. The van der Waals surface area contributed by atoms with Gasteiger partial charge in [-0.05, 0) is 54.5 Å². The van der Waals surface area contributed by atoms with Gasteiger partial charge >= 0.3 is 0 Å². The van der Waals surface area contributed by atoms with Gasteiger partial charge in [0.05, 0.1) is 0 Å². The quantitative estimate of drug-likeness (QED) is 0.800. The molecular formula is C16H26N2O.